The molecule has 0 heterocycles. The number of carbonyl (C=O) groups is 1. The lowest BCUT2D eigenvalue weighted by molar-refractivity contribution is -0.122. The molecule has 0 fully saturated rings. The summed E-state index contributed by atoms with van der Waals surface area (Å²) in [6.07, 6.45) is 0.678. The van der Waals surface area contributed by atoms with Gasteiger partial charge < -0.3 is 10.1 Å². The number of benzene rings is 2. The summed E-state index contributed by atoms with van der Waals surface area (Å²) in [5, 5.41) is 2.75. The summed E-state index contributed by atoms with van der Waals surface area (Å²) >= 11 is 0. The van der Waals surface area contributed by atoms with Crippen molar-refractivity contribution in [3.8, 4) is 5.75 Å². The van der Waals surface area contributed by atoms with Crippen LogP contribution in [0.3, 0.4) is 0 Å². The molecular formula is C19H24N2O4S. The monoisotopic (exact) mass is 376 g/mol. The molecule has 6 nitrogen and oxygen atoms in total. The van der Waals surface area contributed by atoms with Crippen LogP contribution in [0.1, 0.15) is 18.1 Å². The van der Waals surface area contributed by atoms with E-state index in [0.29, 0.717) is 13.0 Å². The van der Waals surface area contributed by atoms with E-state index in [1.807, 2.05) is 30.3 Å². The molecule has 0 spiro atoms. The molecule has 2 N–H and O–H groups in total. The Kier molecular flexibility index (Phi) is 6.76. The highest BCUT2D eigenvalue weighted by Gasteiger charge is 2.25. The molecule has 2 aromatic rings. The van der Waals surface area contributed by atoms with Gasteiger partial charge in [0.25, 0.3) is 0 Å². The SMILES string of the molecule is COc1ccc(C)cc1S(=O)(=O)N[C@@H](C)C(=O)NCCc1ccccc1. The second kappa shape index (κ2) is 8.82. The van der Waals surface area contributed by atoms with E-state index in [2.05, 4.69) is 10.0 Å². The van der Waals surface area contributed by atoms with Crippen LogP contribution >= 0.6 is 0 Å². The minimum absolute atomic E-state index is 0.0175. The van der Waals surface area contributed by atoms with Gasteiger partial charge >= 0.3 is 0 Å². The highest BCUT2D eigenvalue weighted by molar-refractivity contribution is 7.89. The molecule has 26 heavy (non-hydrogen) atoms. The average molecular weight is 376 g/mol. The molecule has 0 unspecified atom stereocenters. The first-order valence-electron chi connectivity index (χ1n) is 8.32. The molecule has 7 heteroatoms. The zero-order valence-electron chi connectivity index (χ0n) is 15.2. The van der Waals surface area contributed by atoms with Crippen molar-refractivity contribution in [1.82, 2.24) is 10.0 Å². The van der Waals surface area contributed by atoms with Crippen LogP contribution in [0.2, 0.25) is 0 Å². The molecule has 0 bridgehead atoms. The van der Waals surface area contributed by atoms with Gasteiger partial charge in [-0.05, 0) is 43.5 Å². The molecule has 0 aliphatic rings. The van der Waals surface area contributed by atoms with E-state index < -0.39 is 16.1 Å². The summed E-state index contributed by atoms with van der Waals surface area (Å²) in [4.78, 5) is 12.2. The van der Waals surface area contributed by atoms with Gasteiger partial charge in [-0.15, -0.1) is 0 Å². The van der Waals surface area contributed by atoms with E-state index in [1.165, 1.54) is 20.1 Å². The quantitative estimate of drug-likeness (QED) is 0.738. The van der Waals surface area contributed by atoms with Crippen molar-refractivity contribution in [3.63, 3.8) is 0 Å². The maximum absolute atomic E-state index is 12.6. The molecule has 0 aliphatic heterocycles. The summed E-state index contributed by atoms with van der Waals surface area (Å²) in [6, 6.07) is 13.7. The fraction of sp³-hybridized carbons (Fsp3) is 0.316. The van der Waals surface area contributed by atoms with Crippen molar-refractivity contribution in [2.45, 2.75) is 31.2 Å². The number of rotatable bonds is 8. The molecule has 0 aromatic heterocycles. The molecular weight excluding hydrogens is 352 g/mol. The molecule has 140 valence electrons. The molecule has 0 saturated carbocycles. The largest absolute Gasteiger partial charge is 0.495 e. The van der Waals surface area contributed by atoms with E-state index in [1.54, 1.807) is 19.1 Å². The van der Waals surface area contributed by atoms with Crippen molar-refractivity contribution in [2.24, 2.45) is 0 Å². The Morgan fingerprint density at radius 3 is 2.50 bits per heavy atom. The van der Waals surface area contributed by atoms with Crippen molar-refractivity contribution < 1.29 is 17.9 Å². The number of aryl methyl sites for hydroxylation is 1. The van der Waals surface area contributed by atoms with Gasteiger partial charge in [-0.25, -0.2) is 8.42 Å². The molecule has 0 aliphatic carbocycles. The van der Waals surface area contributed by atoms with Gasteiger partial charge in [-0.3, -0.25) is 4.79 Å². The molecule has 1 atom stereocenters. The number of hydrogen-bond acceptors (Lipinski definition) is 4. The summed E-state index contributed by atoms with van der Waals surface area (Å²) in [5.74, 6) is -0.143. The van der Waals surface area contributed by atoms with Crippen LogP contribution in [0.15, 0.2) is 53.4 Å². The Morgan fingerprint density at radius 1 is 1.15 bits per heavy atom. The normalized spacial score (nSPS) is 12.4. The molecule has 0 saturated heterocycles. The number of nitrogens with one attached hydrogen (secondary N) is 2. The van der Waals surface area contributed by atoms with Crippen molar-refractivity contribution >= 4 is 15.9 Å². The molecule has 1 amide bonds. The van der Waals surface area contributed by atoms with Crippen molar-refractivity contribution in [2.75, 3.05) is 13.7 Å². The number of carbonyl (C=O) groups excluding carboxylic acids is 1. The Labute approximate surface area is 154 Å². The van der Waals surface area contributed by atoms with Gasteiger partial charge in [0, 0.05) is 6.54 Å². The van der Waals surface area contributed by atoms with Crippen LogP contribution < -0.4 is 14.8 Å². The smallest absolute Gasteiger partial charge is 0.244 e. The average Bonchev–Trinajstić information content (AvgIpc) is 2.62. The predicted molar refractivity (Wildman–Crippen MR) is 101 cm³/mol. The summed E-state index contributed by atoms with van der Waals surface area (Å²) in [5.41, 5.74) is 1.89. The lowest BCUT2D eigenvalue weighted by atomic mass is 10.1. The summed E-state index contributed by atoms with van der Waals surface area (Å²) in [6.45, 7) is 3.73. The third kappa shape index (κ3) is 5.31. The van der Waals surface area contributed by atoms with E-state index in [0.717, 1.165) is 11.1 Å². The van der Waals surface area contributed by atoms with Gasteiger partial charge in [0.2, 0.25) is 15.9 Å². The number of amides is 1. The van der Waals surface area contributed by atoms with Gasteiger partial charge in [-0.2, -0.15) is 4.72 Å². The third-order valence-electron chi connectivity index (χ3n) is 3.89. The number of methoxy groups -OCH3 is 1. The van der Waals surface area contributed by atoms with E-state index >= 15 is 0 Å². The van der Waals surface area contributed by atoms with Crippen molar-refractivity contribution in [3.05, 3.63) is 59.7 Å². The fourth-order valence-electron chi connectivity index (χ4n) is 2.47. The van der Waals surface area contributed by atoms with E-state index in [-0.39, 0.29) is 16.6 Å². The summed E-state index contributed by atoms with van der Waals surface area (Å²) < 4.78 is 32.7. The van der Waals surface area contributed by atoms with E-state index in [9.17, 15) is 13.2 Å². The number of sulfonamides is 1. The van der Waals surface area contributed by atoms with Crippen LogP contribution in [0.5, 0.6) is 5.75 Å². The number of ether oxygens (including phenoxy) is 1. The van der Waals surface area contributed by atoms with Crippen LogP contribution in [-0.2, 0) is 21.2 Å². The zero-order chi connectivity index (χ0) is 19.2. The first kappa shape index (κ1) is 19.9. The standard InChI is InChI=1S/C19H24N2O4S/c1-14-9-10-17(25-3)18(13-14)26(23,24)21-15(2)19(22)20-12-11-16-7-5-4-6-8-16/h4-10,13,15,21H,11-12H2,1-3H3,(H,20,22)/t15-/m0/s1. The van der Waals surface area contributed by atoms with Gasteiger partial charge in [0.05, 0.1) is 13.2 Å². The van der Waals surface area contributed by atoms with Gasteiger partial charge in [-0.1, -0.05) is 36.4 Å². The molecule has 2 rings (SSSR count). The topological polar surface area (TPSA) is 84.5 Å². The lowest BCUT2D eigenvalue weighted by Gasteiger charge is -2.16. The first-order chi connectivity index (χ1) is 12.3. The van der Waals surface area contributed by atoms with Crippen LogP contribution in [0.4, 0.5) is 0 Å². The minimum atomic E-state index is -3.88. The third-order valence-corrected chi connectivity index (χ3v) is 5.45. The predicted octanol–water partition coefficient (Wildman–Crippen LogP) is 2.03. The highest BCUT2D eigenvalue weighted by Crippen LogP contribution is 2.24. The zero-order valence-corrected chi connectivity index (χ0v) is 16.0. The second-order valence-corrected chi connectivity index (χ2v) is 7.71. The number of hydrogen-bond donors (Lipinski definition) is 2. The maximum atomic E-state index is 12.6. The second-order valence-electron chi connectivity index (χ2n) is 6.02. The molecule has 2 aromatic carbocycles. The van der Waals surface area contributed by atoms with Crippen LogP contribution in [0, 0.1) is 6.92 Å². The van der Waals surface area contributed by atoms with E-state index in [4.69, 9.17) is 4.74 Å². The van der Waals surface area contributed by atoms with Gasteiger partial charge in [0.15, 0.2) is 0 Å². The van der Waals surface area contributed by atoms with Gasteiger partial charge in [0.1, 0.15) is 10.6 Å². The van der Waals surface area contributed by atoms with Crippen LogP contribution in [0.25, 0.3) is 0 Å². The Hall–Kier alpha value is -2.38. The fourth-order valence-corrected chi connectivity index (χ4v) is 3.93. The Bertz CT molecular complexity index is 851. The summed E-state index contributed by atoms with van der Waals surface area (Å²) in [7, 11) is -2.48. The van der Waals surface area contributed by atoms with Crippen LogP contribution in [-0.4, -0.2) is 34.0 Å². The minimum Gasteiger partial charge on any atom is -0.495 e. The highest BCUT2D eigenvalue weighted by atomic mass is 32.2. The lowest BCUT2D eigenvalue weighted by Crippen LogP contribution is -2.45. The maximum Gasteiger partial charge on any atom is 0.244 e. The first-order valence-corrected chi connectivity index (χ1v) is 9.80. The Morgan fingerprint density at radius 2 is 1.85 bits per heavy atom. The molecule has 0 radical (unpaired) electrons. The Balaban J connectivity index is 1.98. The van der Waals surface area contributed by atoms with Crippen molar-refractivity contribution in [1.29, 1.82) is 0 Å².